The van der Waals surface area contributed by atoms with E-state index in [-0.39, 0.29) is 18.2 Å². The van der Waals surface area contributed by atoms with Gasteiger partial charge >= 0.3 is 0 Å². The highest BCUT2D eigenvalue weighted by Crippen LogP contribution is 2.29. The average molecular weight is 442 g/mol. The molecule has 3 rings (SSSR count). The molecule has 0 radical (unpaired) electrons. The van der Waals surface area contributed by atoms with Gasteiger partial charge in [-0.1, -0.05) is 59.6 Å². The van der Waals surface area contributed by atoms with E-state index in [9.17, 15) is 13.2 Å². The van der Waals surface area contributed by atoms with E-state index in [1.807, 2.05) is 23.1 Å². The van der Waals surface area contributed by atoms with Crippen LogP contribution in [0.4, 0.5) is 5.69 Å². The van der Waals surface area contributed by atoms with Gasteiger partial charge in [-0.05, 0) is 17.7 Å². The van der Waals surface area contributed by atoms with Crippen LogP contribution >= 0.6 is 23.2 Å². The molecule has 1 aliphatic rings. The summed E-state index contributed by atoms with van der Waals surface area (Å²) in [6.07, 6.45) is 0. The summed E-state index contributed by atoms with van der Waals surface area (Å²) < 4.78 is 26.7. The Bertz CT molecular complexity index is 910. The number of nitrogens with one attached hydrogen (secondary N) is 1. The van der Waals surface area contributed by atoms with Crippen LogP contribution in [0.15, 0.2) is 48.5 Å². The fourth-order valence-corrected chi connectivity index (χ4v) is 5.05. The van der Waals surface area contributed by atoms with Gasteiger partial charge in [0.15, 0.2) is 0 Å². The first-order valence-corrected chi connectivity index (χ1v) is 11.2. The van der Waals surface area contributed by atoms with Gasteiger partial charge in [0.05, 0.1) is 28.0 Å². The Kier molecular flexibility index (Phi) is 6.95. The lowest BCUT2D eigenvalue weighted by molar-refractivity contribution is -0.117. The molecule has 1 N–H and O–H groups in total. The first-order valence-electron chi connectivity index (χ1n) is 8.83. The van der Waals surface area contributed by atoms with E-state index < -0.39 is 10.0 Å². The molecule has 0 aromatic heterocycles. The lowest BCUT2D eigenvalue weighted by Crippen LogP contribution is -2.50. The third-order valence-electron chi connectivity index (χ3n) is 4.51. The monoisotopic (exact) mass is 441 g/mol. The van der Waals surface area contributed by atoms with Gasteiger partial charge < -0.3 is 5.32 Å². The Hall–Kier alpha value is -1.64. The predicted octanol–water partition coefficient (Wildman–Crippen LogP) is 3.08. The van der Waals surface area contributed by atoms with Crippen LogP contribution in [0.1, 0.15) is 5.56 Å². The number of para-hydroxylation sites is 1. The summed E-state index contributed by atoms with van der Waals surface area (Å²) >= 11 is 12.1. The van der Waals surface area contributed by atoms with Crippen LogP contribution in [0.25, 0.3) is 0 Å². The number of piperazine rings is 1. The lowest BCUT2D eigenvalue weighted by atomic mass is 10.2. The predicted molar refractivity (Wildman–Crippen MR) is 112 cm³/mol. The van der Waals surface area contributed by atoms with Crippen LogP contribution in [0.5, 0.6) is 0 Å². The Labute approximate surface area is 175 Å². The number of anilines is 1. The Morgan fingerprint density at radius 3 is 2.14 bits per heavy atom. The first kappa shape index (κ1) is 21.1. The third-order valence-corrected chi connectivity index (χ3v) is 6.99. The quantitative estimate of drug-likeness (QED) is 0.747. The molecule has 0 saturated carbocycles. The molecular formula is C19H21Cl2N3O3S. The van der Waals surface area contributed by atoms with Gasteiger partial charge in [0.2, 0.25) is 15.9 Å². The van der Waals surface area contributed by atoms with Crippen LogP contribution in [-0.4, -0.2) is 56.3 Å². The molecule has 2 aromatic carbocycles. The standard InChI is InChI=1S/C19H21Cl2N3O3S/c20-16-7-4-8-17(21)19(16)22-18(25)13-23-9-11-24(12-10-23)28(26,27)14-15-5-2-1-3-6-15/h1-8H,9-14H2,(H,22,25). The van der Waals surface area contributed by atoms with Crippen molar-refractivity contribution in [3.63, 3.8) is 0 Å². The first-order chi connectivity index (χ1) is 13.3. The zero-order valence-corrected chi connectivity index (χ0v) is 17.5. The van der Waals surface area contributed by atoms with Crippen LogP contribution in [0, 0.1) is 0 Å². The van der Waals surface area contributed by atoms with Gasteiger partial charge in [-0.3, -0.25) is 9.69 Å². The smallest absolute Gasteiger partial charge is 0.238 e. The highest BCUT2D eigenvalue weighted by molar-refractivity contribution is 7.88. The molecular weight excluding hydrogens is 421 g/mol. The summed E-state index contributed by atoms with van der Waals surface area (Å²) in [7, 11) is -3.38. The maximum Gasteiger partial charge on any atom is 0.238 e. The second-order valence-electron chi connectivity index (χ2n) is 6.56. The minimum Gasteiger partial charge on any atom is -0.322 e. The number of carbonyl (C=O) groups is 1. The highest BCUT2D eigenvalue weighted by Gasteiger charge is 2.27. The summed E-state index contributed by atoms with van der Waals surface area (Å²) in [4.78, 5) is 14.2. The number of halogens is 2. The summed E-state index contributed by atoms with van der Waals surface area (Å²) in [5.74, 6) is -0.255. The number of hydrogen-bond donors (Lipinski definition) is 1. The molecule has 150 valence electrons. The van der Waals surface area contributed by atoms with E-state index in [0.717, 1.165) is 5.56 Å². The van der Waals surface area contributed by atoms with Gasteiger partial charge in [-0.2, -0.15) is 4.31 Å². The zero-order chi connectivity index (χ0) is 20.1. The van der Waals surface area contributed by atoms with Crippen molar-refractivity contribution in [1.29, 1.82) is 0 Å². The Morgan fingerprint density at radius 1 is 0.929 bits per heavy atom. The molecule has 28 heavy (non-hydrogen) atoms. The molecule has 0 unspecified atom stereocenters. The van der Waals surface area contributed by atoms with E-state index in [1.54, 1.807) is 30.3 Å². The molecule has 0 aliphatic carbocycles. The van der Waals surface area contributed by atoms with Crippen LogP contribution in [-0.2, 0) is 20.6 Å². The lowest BCUT2D eigenvalue weighted by Gasteiger charge is -2.33. The number of rotatable bonds is 6. The van der Waals surface area contributed by atoms with Gasteiger partial charge in [-0.25, -0.2) is 8.42 Å². The third kappa shape index (κ3) is 5.46. The molecule has 1 heterocycles. The van der Waals surface area contributed by atoms with E-state index in [2.05, 4.69) is 5.32 Å². The van der Waals surface area contributed by atoms with Crippen molar-refractivity contribution < 1.29 is 13.2 Å². The van der Waals surface area contributed by atoms with Crippen LogP contribution in [0.2, 0.25) is 10.0 Å². The average Bonchev–Trinajstić information content (AvgIpc) is 2.66. The second kappa shape index (κ2) is 9.24. The van der Waals surface area contributed by atoms with E-state index in [0.29, 0.717) is 41.9 Å². The van der Waals surface area contributed by atoms with Crippen LogP contribution < -0.4 is 5.32 Å². The maximum absolute atomic E-state index is 12.6. The second-order valence-corrected chi connectivity index (χ2v) is 9.35. The van der Waals surface area contributed by atoms with Crippen molar-refractivity contribution in [2.24, 2.45) is 0 Å². The zero-order valence-electron chi connectivity index (χ0n) is 15.1. The summed E-state index contributed by atoms with van der Waals surface area (Å²) in [5.41, 5.74) is 1.15. The molecule has 1 fully saturated rings. The fourth-order valence-electron chi connectivity index (χ4n) is 3.04. The number of nitrogens with zero attached hydrogens (tertiary/aromatic N) is 2. The molecule has 9 heteroatoms. The minimum absolute atomic E-state index is 0.0146. The van der Waals surface area contributed by atoms with Crippen molar-refractivity contribution in [2.45, 2.75) is 5.75 Å². The summed E-state index contributed by atoms with van der Waals surface area (Å²) in [6.45, 7) is 1.83. The van der Waals surface area contributed by atoms with Crippen LogP contribution in [0.3, 0.4) is 0 Å². The highest BCUT2D eigenvalue weighted by atomic mass is 35.5. The fraction of sp³-hybridized carbons (Fsp3) is 0.316. The molecule has 1 amide bonds. The van der Waals surface area contributed by atoms with Crippen molar-refractivity contribution in [1.82, 2.24) is 9.21 Å². The number of amides is 1. The number of benzene rings is 2. The molecule has 2 aromatic rings. The molecule has 0 atom stereocenters. The van der Waals surface area contributed by atoms with Crippen molar-refractivity contribution in [3.8, 4) is 0 Å². The molecule has 1 saturated heterocycles. The SMILES string of the molecule is O=C(CN1CCN(S(=O)(=O)Cc2ccccc2)CC1)Nc1c(Cl)cccc1Cl. The summed E-state index contributed by atoms with van der Waals surface area (Å²) in [5, 5.41) is 3.47. The van der Waals surface area contributed by atoms with E-state index in [4.69, 9.17) is 23.2 Å². The number of carbonyl (C=O) groups excluding carboxylic acids is 1. The van der Waals surface area contributed by atoms with Crippen molar-refractivity contribution >= 4 is 44.8 Å². The van der Waals surface area contributed by atoms with Crippen molar-refractivity contribution in [3.05, 3.63) is 64.1 Å². The minimum atomic E-state index is -3.38. The number of sulfonamides is 1. The van der Waals surface area contributed by atoms with E-state index in [1.165, 1.54) is 4.31 Å². The molecule has 1 aliphatic heterocycles. The maximum atomic E-state index is 12.6. The number of hydrogen-bond acceptors (Lipinski definition) is 4. The normalized spacial score (nSPS) is 16.1. The van der Waals surface area contributed by atoms with Gasteiger partial charge in [0.1, 0.15) is 0 Å². The van der Waals surface area contributed by atoms with Gasteiger partial charge in [-0.15, -0.1) is 0 Å². The van der Waals surface area contributed by atoms with Crippen molar-refractivity contribution in [2.75, 3.05) is 38.0 Å². The Balaban J connectivity index is 1.52. The topological polar surface area (TPSA) is 69.7 Å². The Morgan fingerprint density at radius 2 is 1.54 bits per heavy atom. The molecule has 0 spiro atoms. The molecule has 0 bridgehead atoms. The largest absolute Gasteiger partial charge is 0.322 e. The molecule has 6 nitrogen and oxygen atoms in total. The van der Waals surface area contributed by atoms with Gasteiger partial charge in [0, 0.05) is 26.2 Å². The van der Waals surface area contributed by atoms with Gasteiger partial charge in [0.25, 0.3) is 0 Å². The van der Waals surface area contributed by atoms with E-state index >= 15 is 0 Å². The summed E-state index contributed by atoms with van der Waals surface area (Å²) in [6, 6.07) is 14.1.